The lowest BCUT2D eigenvalue weighted by Crippen LogP contribution is -2.36. The summed E-state index contributed by atoms with van der Waals surface area (Å²) in [6.07, 6.45) is 2.14. The number of imidazole rings is 1. The maximum atomic E-state index is 14.0. The first kappa shape index (κ1) is 20.0. The molecule has 2 heterocycles. The van der Waals surface area contributed by atoms with E-state index in [1.165, 1.54) is 17.8 Å². The van der Waals surface area contributed by atoms with Crippen molar-refractivity contribution in [1.82, 2.24) is 15.0 Å². The average Bonchev–Trinajstić information content (AvgIpc) is 3.19. The number of benzene rings is 2. The number of nitrogen functional groups attached to an aromatic ring is 1. The molecule has 0 aliphatic carbocycles. The van der Waals surface area contributed by atoms with E-state index < -0.39 is 0 Å². The van der Waals surface area contributed by atoms with Crippen molar-refractivity contribution in [3.05, 3.63) is 60.2 Å². The van der Waals surface area contributed by atoms with E-state index in [4.69, 9.17) is 20.2 Å². The molecule has 0 saturated carbocycles. The van der Waals surface area contributed by atoms with Crippen LogP contribution < -0.4 is 19.8 Å². The number of H-pyrrole nitrogens is 1. The monoisotopic (exact) mass is 426 g/mol. The highest BCUT2D eigenvalue weighted by atomic mass is 32.2. The van der Waals surface area contributed by atoms with E-state index in [-0.39, 0.29) is 5.82 Å². The number of halogens is 1. The molecule has 0 aliphatic heterocycles. The minimum Gasteiger partial charge on any atom is -0.497 e. The van der Waals surface area contributed by atoms with Gasteiger partial charge in [0, 0.05) is 6.42 Å². The lowest BCUT2D eigenvalue weighted by molar-refractivity contribution is -0.675. The largest absolute Gasteiger partial charge is 0.497 e. The van der Waals surface area contributed by atoms with Crippen LogP contribution in [-0.4, -0.2) is 29.2 Å². The summed E-state index contributed by atoms with van der Waals surface area (Å²) in [5, 5.41) is 0.635. The summed E-state index contributed by atoms with van der Waals surface area (Å²) in [4.78, 5) is 13.0. The van der Waals surface area contributed by atoms with Crippen LogP contribution in [0.5, 0.6) is 11.5 Å². The van der Waals surface area contributed by atoms with Gasteiger partial charge in [-0.25, -0.2) is 8.96 Å². The van der Waals surface area contributed by atoms with E-state index in [9.17, 15) is 4.39 Å². The van der Waals surface area contributed by atoms with Crippen LogP contribution in [0.25, 0.3) is 11.2 Å². The first-order valence-corrected chi connectivity index (χ1v) is 10.1. The van der Waals surface area contributed by atoms with Gasteiger partial charge in [0.2, 0.25) is 17.3 Å². The Morgan fingerprint density at radius 3 is 2.77 bits per heavy atom. The van der Waals surface area contributed by atoms with Crippen LogP contribution in [0.15, 0.2) is 58.8 Å². The molecule has 0 unspecified atom stereocenters. The number of aromatic nitrogens is 4. The number of fused-ring (bicyclic) bond motifs is 1. The second-order valence-electron chi connectivity index (χ2n) is 6.52. The summed E-state index contributed by atoms with van der Waals surface area (Å²) in [5.74, 6) is 1.56. The van der Waals surface area contributed by atoms with Gasteiger partial charge in [-0.2, -0.15) is 0 Å². The van der Waals surface area contributed by atoms with Gasteiger partial charge in [-0.05, 0) is 41.6 Å². The Balaban J connectivity index is 1.65. The van der Waals surface area contributed by atoms with Crippen molar-refractivity contribution in [3.8, 4) is 11.5 Å². The number of nitrogens with zero attached hydrogens (tertiary/aromatic N) is 3. The second kappa shape index (κ2) is 8.58. The molecule has 2 aromatic carbocycles. The molecular formula is C21H21FN5O2S+. The predicted octanol–water partition coefficient (Wildman–Crippen LogP) is 3.38. The quantitative estimate of drug-likeness (QED) is 0.441. The molecule has 4 aromatic rings. The zero-order chi connectivity index (χ0) is 21.1. The number of rotatable bonds is 7. The van der Waals surface area contributed by atoms with E-state index in [0.717, 1.165) is 10.6 Å². The van der Waals surface area contributed by atoms with Crippen molar-refractivity contribution in [2.45, 2.75) is 23.0 Å². The Labute approximate surface area is 177 Å². The summed E-state index contributed by atoms with van der Waals surface area (Å²) >= 11 is 1.40. The summed E-state index contributed by atoms with van der Waals surface area (Å²) in [6.45, 7) is 0.516. The minimum atomic E-state index is -0.221. The molecule has 0 fully saturated rings. The summed E-state index contributed by atoms with van der Waals surface area (Å²) < 4.78 is 26.6. The molecule has 0 bridgehead atoms. The van der Waals surface area contributed by atoms with Gasteiger partial charge >= 0.3 is 0 Å². The van der Waals surface area contributed by atoms with Crippen LogP contribution in [0, 0.1) is 5.82 Å². The fourth-order valence-electron chi connectivity index (χ4n) is 3.10. The number of aryl methyl sites for hydroxylation is 2. The number of hydrogen-bond donors (Lipinski definition) is 2. The minimum absolute atomic E-state index is 0.221. The van der Waals surface area contributed by atoms with Crippen molar-refractivity contribution in [3.63, 3.8) is 0 Å². The number of anilines is 1. The highest BCUT2D eigenvalue weighted by Crippen LogP contribution is 2.36. The van der Waals surface area contributed by atoms with Gasteiger partial charge in [-0.15, -0.1) is 0 Å². The molecular weight excluding hydrogens is 405 g/mol. The molecule has 0 radical (unpaired) electrons. The van der Waals surface area contributed by atoms with Crippen molar-refractivity contribution in [2.75, 3.05) is 20.0 Å². The Bertz CT molecular complexity index is 1200. The topological polar surface area (TPSA) is 89.9 Å². The van der Waals surface area contributed by atoms with Crippen molar-refractivity contribution < 1.29 is 18.4 Å². The number of methoxy groups -OCH3 is 2. The molecule has 154 valence electrons. The standard InChI is InChI=1S/C21H20FN5O2S/c1-28-14-7-8-16(29-2)17(11-14)30-21-25-18-19(23)24-12-27(20(18)26-21)10-9-13-5-3-4-6-15(13)22/h3-8,11-12H,9-10H2,1-2H3,(H2,23,25,26)/p+1. The van der Waals surface area contributed by atoms with Crippen LogP contribution >= 0.6 is 11.8 Å². The van der Waals surface area contributed by atoms with E-state index in [1.54, 1.807) is 32.7 Å². The number of hydrogen-bond acceptors (Lipinski definition) is 6. The highest BCUT2D eigenvalue weighted by molar-refractivity contribution is 7.99. The molecule has 0 saturated heterocycles. The zero-order valence-corrected chi connectivity index (χ0v) is 17.4. The summed E-state index contributed by atoms with van der Waals surface area (Å²) in [6, 6.07) is 12.3. The van der Waals surface area contributed by atoms with Crippen LogP contribution in [0.4, 0.5) is 10.2 Å². The predicted molar refractivity (Wildman–Crippen MR) is 112 cm³/mol. The van der Waals surface area contributed by atoms with Gasteiger partial charge in [0.05, 0.1) is 25.7 Å². The van der Waals surface area contributed by atoms with Crippen LogP contribution in [0.3, 0.4) is 0 Å². The van der Waals surface area contributed by atoms with Crippen molar-refractivity contribution in [2.24, 2.45) is 0 Å². The second-order valence-corrected chi connectivity index (χ2v) is 7.55. The molecule has 3 N–H and O–H groups in total. The van der Waals surface area contributed by atoms with Gasteiger partial charge < -0.3 is 20.2 Å². The normalized spacial score (nSPS) is 11.0. The van der Waals surface area contributed by atoms with Crippen molar-refractivity contribution >= 4 is 28.7 Å². The molecule has 0 amide bonds. The molecule has 4 rings (SSSR count). The maximum Gasteiger partial charge on any atom is 0.294 e. The van der Waals surface area contributed by atoms with E-state index >= 15 is 0 Å². The van der Waals surface area contributed by atoms with Crippen LogP contribution in [0.1, 0.15) is 5.56 Å². The summed E-state index contributed by atoms with van der Waals surface area (Å²) in [5.41, 5.74) is 7.99. The fraction of sp³-hybridized carbons (Fsp3) is 0.190. The first-order valence-electron chi connectivity index (χ1n) is 9.26. The van der Waals surface area contributed by atoms with Gasteiger partial charge in [-0.3, -0.25) is 0 Å². The Hall–Kier alpha value is -3.33. The third kappa shape index (κ3) is 4.02. The van der Waals surface area contributed by atoms with E-state index in [1.807, 2.05) is 28.8 Å². The SMILES string of the molecule is COc1ccc(OC)c(Sc2nc3c([nH]2)c(N)nc[n+]3CCc2ccccc2F)c1. The van der Waals surface area contributed by atoms with Gasteiger partial charge in [0.25, 0.3) is 5.65 Å². The highest BCUT2D eigenvalue weighted by Gasteiger charge is 2.20. The number of nitrogens with two attached hydrogens (primary N) is 1. The molecule has 2 aromatic heterocycles. The molecule has 0 spiro atoms. The first-order chi connectivity index (χ1) is 14.6. The van der Waals surface area contributed by atoms with Gasteiger partial charge in [0.1, 0.15) is 17.3 Å². The molecule has 0 aliphatic rings. The van der Waals surface area contributed by atoms with Crippen LogP contribution in [0.2, 0.25) is 0 Å². The lowest BCUT2D eigenvalue weighted by Gasteiger charge is -2.07. The number of ether oxygens (including phenoxy) is 2. The number of nitrogens with one attached hydrogen (secondary N) is 1. The third-order valence-electron chi connectivity index (χ3n) is 4.68. The van der Waals surface area contributed by atoms with Gasteiger partial charge in [-0.1, -0.05) is 28.2 Å². The van der Waals surface area contributed by atoms with E-state index in [2.05, 4.69) is 9.97 Å². The van der Waals surface area contributed by atoms with E-state index in [0.29, 0.717) is 46.4 Å². The third-order valence-corrected chi connectivity index (χ3v) is 5.61. The molecule has 7 nitrogen and oxygen atoms in total. The fourth-order valence-corrected chi connectivity index (χ4v) is 4.02. The molecule has 9 heteroatoms. The van der Waals surface area contributed by atoms with Crippen LogP contribution in [-0.2, 0) is 13.0 Å². The maximum absolute atomic E-state index is 14.0. The summed E-state index contributed by atoms with van der Waals surface area (Å²) in [7, 11) is 3.23. The zero-order valence-electron chi connectivity index (χ0n) is 16.6. The molecule has 0 atom stereocenters. The Morgan fingerprint density at radius 2 is 2.00 bits per heavy atom. The Kier molecular flexibility index (Phi) is 5.71. The molecule has 30 heavy (non-hydrogen) atoms. The average molecular weight is 426 g/mol. The Morgan fingerprint density at radius 1 is 1.17 bits per heavy atom. The van der Waals surface area contributed by atoms with Gasteiger partial charge in [0.15, 0.2) is 5.52 Å². The lowest BCUT2D eigenvalue weighted by atomic mass is 10.1. The van der Waals surface area contributed by atoms with Crippen molar-refractivity contribution in [1.29, 1.82) is 0 Å². The number of aromatic amines is 1. The smallest absolute Gasteiger partial charge is 0.294 e.